The van der Waals surface area contributed by atoms with Crippen LogP contribution in [-0.2, 0) is 48.1 Å². The smallest absolute Gasteiger partial charge is 0.148 e. The Morgan fingerprint density at radius 3 is 1.82 bits per heavy atom. The number of rotatable bonds is 8. The zero-order chi connectivity index (χ0) is 55.9. The second-order valence-electron chi connectivity index (χ2n) is 21.9. The quantitative estimate of drug-likeness (QED) is 0.154. The van der Waals surface area contributed by atoms with Crippen molar-refractivity contribution in [2.45, 2.75) is 137 Å². The summed E-state index contributed by atoms with van der Waals surface area (Å²) in [5.74, 6) is 0.775. The molecule has 0 radical (unpaired) electrons. The largest absolute Gasteiger partial charge is 0.507 e. The molecular formula is C63H70N3OPt-. The van der Waals surface area contributed by atoms with Crippen molar-refractivity contribution < 1.29 is 38.5 Å². The van der Waals surface area contributed by atoms with Crippen molar-refractivity contribution in [2.24, 2.45) is 0 Å². The molecule has 0 spiro atoms. The molecule has 68 heavy (non-hydrogen) atoms. The first-order valence-electron chi connectivity index (χ1n) is 27.9. The van der Waals surface area contributed by atoms with Gasteiger partial charge < -0.3 is 5.11 Å². The van der Waals surface area contributed by atoms with E-state index in [9.17, 15) is 5.11 Å². The molecule has 4 nitrogen and oxygen atoms in total. The number of nitrogens with zero attached hydrogens (tertiary/aromatic N) is 3. The standard InChI is InChI=1S/C63H70N3O.Pt/c1-16-63(14,15)46-29-30-54(50(37-46)41-21-18-17-19-22-41)66-55-24-20-23-49(56(55)65-58(66)51-38-48(61(8,9)10)39-52(57(51)67)62(11,12)13)43-33-44(35-47(34-43)60(5,6)7)53-36-42(31-32-64-53)40-25-27-45(28-26-40)59(2,3)4;/h17-32,34-39,67H,16H2,1-15H3;/q-1;/i2D3,3D3,4D3;. The SMILES string of the molecule is [2H]C([2H])([2H])C(c1ccc(-c2ccnc(-c3[c-]c(-c4cccc5c4nc(-c4cc(C(C)(C)C)cc(C(C)(C)C)c4O)n5-c4ccc(C(C)(C)CC)cc4-c4ccccc4)cc(C(C)(C)C)c3)c2)cc1)(C([2H])([2H])[2H])C([2H])([2H])[2H].[Pt]. The van der Waals surface area contributed by atoms with E-state index in [0.717, 1.165) is 56.6 Å². The van der Waals surface area contributed by atoms with Gasteiger partial charge in [-0.1, -0.05) is 200 Å². The Bertz CT molecular complexity index is 3420. The van der Waals surface area contributed by atoms with Gasteiger partial charge in [-0.15, -0.1) is 29.3 Å². The summed E-state index contributed by atoms with van der Waals surface area (Å²) in [6.45, 7) is 16.0. The Balaban J connectivity index is 0.00000861. The van der Waals surface area contributed by atoms with E-state index in [1.54, 1.807) is 24.4 Å². The number of phenolic OH excluding ortho intramolecular Hbond substituents is 1. The van der Waals surface area contributed by atoms with Crippen molar-refractivity contribution in [3.63, 3.8) is 0 Å². The third kappa shape index (κ3) is 9.95. The van der Waals surface area contributed by atoms with Gasteiger partial charge in [0.1, 0.15) is 11.6 Å². The number of imidazole rings is 1. The van der Waals surface area contributed by atoms with E-state index in [2.05, 4.69) is 173 Å². The zero-order valence-electron chi connectivity index (χ0n) is 50.5. The molecule has 0 aliphatic rings. The molecular weight excluding hydrogens is 1010 g/mol. The van der Waals surface area contributed by atoms with Gasteiger partial charge in [-0.25, -0.2) is 4.98 Å². The number of pyridine rings is 1. The first-order chi connectivity index (χ1) is 35.1. The molecule has 0 saturated carbocycles. The average Bonchev–Trinajstić information content (AvgIpc) is 3.72. The van der Waals surface area contributed by atoms with E-state index in [-0.39, 0.29) is 48.6 Å². The van der Waals surface area contributed by atoms with Crippen molar-refractivity contribution in [3.8, 4) is 67.5 Å². The summed E-state index contributed by atoms with van der Waals surface area (Å²) in [5.41, 5.74) is 8.98. The van der Waals surface area contributed by atoms with Gasteiger partial charge in [0.25, 0.3) is 0 Å². The molecule has 2 aromatic heterocycles. The monoisotopic (exact) mass is 1090 g/mol. The zero-order valence-corrected chi connectivity index (χ0v) is 43.8. The van der Waals surface area contributed by atoms with Crippen molar-refractivity contribution >= 4 is 11.0 Å². The summed E-state index contributed by atoms with van der Waals surface area (Å²) < 4.78 is 76.2. The Hall–Kier alpha value is -5.57. The van der Waals surface area contributed by atoms with E-state index in [1.165, 1.54) is 17.7 Å². The number of para-hydroxylation sites is 1. The summed E-state index contributed by atoms with van der Waals surface area (Å²) in [6, 6.07) is 44.9. The maximum absolute atomic E-state index is 12.6. The van der Waals surface area contributed by atoms with Gasteiger partial charge in [-0.2, -0.15) is 0 Å². The number of hydrogen-bond donors (Lipinski definition) is 1. The van der Waals surface area contributed by atoms with E-state index in [1.807, 2.05) is 18.2 Å². The molecule has 2 heterocycles. The van der Waals surface area contributed by atoms with Crippen LogP contribution in [0.1, 0.15) is 150 Å². The van der Waals surface area contributed by atoms with Gasteiger partial charge in [-0.05, 0) is 97.2 Å². The minimum atomic E-state index is -3.37. The molecule has 0 bridgehead atoms. The van der Waals surface area contributed by atoms with Crippen LogP contribution in [0.5, 0.6) is 5.75 Å². The van der Waals surface area contributed by atoms with Crippen LogP contribution in [0.2, 0.25) is 0 Å². The van der Waals surface area contributed by atoms with Crippen LogP contribution >= 0.6 is 0 Å². The maximum atomic E-state index is 12.6. The third-order valence-corrected chi connectivity index (χ3v) is 13.4. The molecule has 8 rings (SSSR count). The second-order valence-corrected chi connectivity index (χ2v) is 21.9. The second kappa shape index (κ2) is 18.4. The van der Waals surface area contributed by atoms with Gasteiger partial charge in [-0.3, -0.25) is 9.55 Å². The van der Waals surface area contributed by atoms with Crippen LogP contribution in [0.4, 0.5) is 0 Å². The number of aromatic hydroxyl groups is 1. The number of hydrogen-bond acceptors (Lipinski definition) is 3. The van der Waals surface area contributed by atoms with Crippen LogP contribution in [0.25, 0.3) is 72.7 Å². The minimum absolute atomic E-state index is 0. The molecule has 0 aliphatic heterocycles. The molecule has 0 atom stereocenters. The number of phenols is 1. The fourth-order valence-electron chi connectivity index (χ4n) is 8.71. The molecule has 0 amide bonds. The van der Waals surface area contributed by atoms with Crippen LogP contribution in [0.15, 0.2) is 134 Å². The van der Waals surface area contributed by atoms with E-state index in [0.29, 0.717) is 39.3 Å². The number of fused-ring (bicyclic) bond motifs is 1. The molecule has 1 N–H and O–H groups in total. The molecule has 0 unspecified atom stereocenters. The number of benzene rings is 6. The van der Waals surface area contributed by atoms with Crippen molar-refractivity contribution in [3.05, 3.63) is 167 Å². The summed E-state index contributed by atoms with van der Waals surface area (Å²) in [7, 11) is 0. The van der Waals surface area contributed by atoms with Gasteiger partial charge >= 0.3 is 0 Å². The Kier molecular flexibility index (Phi) is 10.6. The van der Waals surface area contributed by atoms with E-state index >= 15 is 0 Å². The van der Waals surface area contributed by atoms with E-state index in [4.69, 9.17) is 22.3 Å². The Morgan fingerprint density at radius 2 is 1.19 bits per heavy atom. The predicted octanol–water partition coefficient (Wildman–Crippen LogP) is 17.1. The summed E-state index contributed by atoms with van der Waals surface area (Å²) in [6.07, 6.45) is 2.62. The Morgan fingerprint density at radius 1 is 0.559 bits per heavy atom. The van der Waals surface area contributed by atoms with Gasteiger partial charge in [0.2, 0.25) is 0 Å². The Labute approximate surface area is 434 Å². The average molecular weight is 1090 g/mol. The third-order valence-electron chi connectivity index (χ3n) is 13.4. The van der Waals surface area contributed by atoms with Gasteiger partial charge in [0.05, 0.1) is 22.3 Å². The van der Waals surface area contributed by atoms with Crippen LogP contribution in [0, 0.1) is 6.07 Å². The fourth-order valence-corrected chi connectivity index (χ4v) is 8.71. The molecule has 5 heteroatoms. The molecule has 8 aromatic rings. The first kappa shape index (κ1) is 39.3. The fraction of sp³-hybridized carbons (Fsp3) is 0.333. The summed E-state index contributed by atoms with van der Waals surface area (Å²) in [5, 5.41) is 12.6. The molecule has 0 saturated heterocycles. The van der Waals surface area contributed by atoms with Crippen LogP contribution in [0.3, 0.4) is 0 Å². The van der Waals surface area contributed by atoms with Gasteiger partial charge in [0.15, 0.2) is 0 Å². The van der Waals surface area contributed by atoms with Crippen LogP contribution in [-0.4, -0.2) is 19.6 Å². The summed E-state index contributed by atoms with van der Waals surface area (Å²) in [4.78, 5) is 10.5. The van der Waals surface area contributed by atoms with Crippen molar-refractivity contribution in [1.82, 2.24) is 14.5 Å². The van der Waals surface area contributed by atoms with Gasteiger partial charge in [0, 0.05) is 56.4 Å². The predicted molar refractivity (Wildman–Crippen MR) is 285 cm³/mol. The van der Waals surface area contributed by atoms with Crippen molar-refractivity contribution in [2.75, 3.05) is 0 Å². The normalized spacial score (nSPS) is 15.1. The topological polar surface area (TPSA) is 50.9 Å². The molecule has 6 aromatic carbocycles. The maximum Gasteiger partial charge on any atom is 0.148 e. The summed E-state index contributed by atoms with van der Waals surface area (Å²) >= 11 is 0. The van der Waals surface area contributed by atoms with E-state index < -0.39 is 31.4 Å². The molecule has 354 valence electrons. The number of aromatic nitrogens is 3. The first-order valence-corrected chi connectivity index (χ1v) is 23.4. The minimum Gasteiger partial charge on any atom is -0.507 e. The van der Waals surface area contributed by atoms with Crippen LogP contribution < -0.4 is 0 Å². The molecule has 0 aliphatic carbocycles. The molecule has 0 fully saturated rings. The van der Waals surface area contributed by atoms with Crippen molar-refractivity contribution in [1.29, 1.82) is 0 Å².